The Hall–Kier alpha value is -1.18. The minimum absolute atomic E-state index is 0. The summed E-state index contributed by atoms with van der Waals surface area (Å²) in [7, 11) is 0. The van der Waals surface area contributed by atoms with Gasteiger partial charge in [0.1, 0.15) is 0 Å². The fraction of sp³-hybridized carbons (Fsp3) is 0.500. The van der Waals surface area contributed by atoms with Gasteiger partial charge in [-0.05, 0) is 24.9 Å². The van der Waals surface area contributed by atoms with Gasteiger partial charge < -0.3 is 11.1 Å². The van der Waals surface area contributed by atoms with Gasteiger partial charge in [0.05, 0.1) is 5.69 Å². The highest BCUT2D eigenvalue weighted by Gasteiger charge is 2.21. The fourth-order valence-electron chi connectivity index (χ4n) is 3.24. The lowest BCUT2D eigenvalue weighted by molar-refractivity contribution is -0.116. The molecule has 1 aromatic heterocycles. The van der Waals surface area contributed by atoms with E-state index < -0.39 is 0 Å². The third-order valence-corrected chi connectivity index (χ3v) is 5.66. The number of thiazole rings is 1. The van der Waals surface area contributed by atoms with Gasteiger partial charge in [0, 0.05) is 37.4 Å². The van der Waals surface area contributed by atoms with Crippen LogP contribution in [-0.4, -0.2) is 28.9 Å². The highest BCUT2D eigenvalue weighted by molar-refractivity contribution is 7.15. The van der Waals surface area contributed by atoms with Gasteiger partial charge in [-0.3, -0.25) is 9.69 Å². The largest absolute Gasteiger partial charge is 0.330 e. The lowest BCUT2D eigenvalue weighted by Crippen LogP contribution is -2.29. The SMILES string of the molecule is Cl.Cl.NCCCCCCC(=O)Nc1nc2c(s1)CN(Cc1ccccc1)CC2. The van der Waals surface area contributed by atoms with E-state index in [0.29, 0.717) is 6.42 Å². The molecule has 0 aliphatic carbocycles. The topological polar surface area (TPSA) is 71.2 Å². The third kappa shape index (κ3) is 7.68. The molecule has 0 fully saturated rings. The lowest BCUT2D eigenvalue weighted by atomic mass is 10.1. The number of hydrogen-bond donors (Lipinski definition) is 2. The molecule has 1 amide bonds. The molecule has 0 radical (unpaired) electrons. The number of unbranched alkanes of at least 4 members (excludes halogenated alkanes) is 3. The molecule has 1 aliphatic rings. The Labute approximate surface area is 183 Å². The quantitative estimate of drug-likeness (QED) is 0.562. The molecule has 0 atom stereocenters. The van der Waals surface area contributed by atoms with Gasteiger partial charge in [0.25, 0.3) is 0 Å². The number of carbonyl (C=O) groups is 1. The number of amides is 1. The third-order valence-electron chi connectivity index (χ3n) is 4.66. The molecule has 0 saturated carbocycles. The van der Waals surface area contributed by atoms with Crippen LogP contribution in [0.5, 0.6) is 0 Å². The number of benzene rings is 1. The molecule has 5 nitrogen and oxygen atoms in total. The van der Waals surface area contributed by atoms with Gasteiger partial charge in [-0.15, -0.1) is 36.2 Å². The first kappa shape index (κ1) is 24.9. The number of anilines is 1. The van der Waals surface area contributed by atoms with Crippen molar-refractivity contribution >= 4 is 47.2 Å². The Morgan fingerprint density at radius 1 is 1.14 bits per heavy atom. The van der Waals surface area contributed by atoms with Gasteiger partial charge in [-0.2, -0.15) is 0 Å². The number of aromatic nitrogens is 1. The Bertz CT molecular complexity index is 711. The van der Waals surface area contributed by atoms with Crippen LogP contribution in [0.3, 0.4) is 0 Å². The average molecular weight is 445 g/mol. The van der Waals surface area contributed by atoms with Crippen molar-refractivity contribution in [3.05, 3.63) is 46.5 Å². The van der Waals surface area contributed by atoms with Crippen LogP contribution in [0.15, 0.2) is 30.3 Å². The summed E-state index contributed by atoms with van der Waals surface area (Å²) in [6.45, 7) is 3.62. The fourth-order valence-corrected chi connectivity index (χ4v) is 4.31. The molecule has 2 heterocycles. The number of halogens is 2. The van der Waals surface area contributed by atoms with Gasteiger partial charge in [-0.25, -0.2) is 4.98 Å². The Morgan fingerprint density at radius 2 is 1.89 bits per heavy atom. The summed E-state index contributed by atoms with van der Waals surface area (Å²) in [5.41, 5.74) is 7.97. The molecule has 156 valence electrons. The van der Waals surface area contributed by atoms with E-state index in [9.17, 15) is 4.79 Å². The minimum atomic E-state index is 0. The molecule has 0 bridgehead atoms. The molecular weight excluding hydrogens is 415 g/mol. The van der Waals surface area contributed by atoms with Crippen LogP contribution in [0, 0.1) is 0 Å². The van der Waals surface area contributed by atoms with E-state index in [-0.39, 0.29) is 30.7 Å². The number of nitrogens with zero attached hydrogens (tertiary/aromatic N) is 2. The van der Waals surface area contributed by atoms with Crippen LogP contribution >= 0.6 is 36.2 Å². The monoisotopic (exact) mass is 444 g/mol. The zero-order valence-electron chi connectivity index (χ0n) is 16.1. The summed E-state index contributed by atoms with van der Waals surface area (Å²) in [6, 6.07) is 10.6. The average Bonchev–Trinajstić information content (AvgIpc) is 3.04. The Kier molecular flexibility index (Phi) is 11.6. The van der Waals surface area contributed by atoms with Crippen molar-refractivity contribution in [3.63, 3.8) is 0 Å². The van der Waals surface area contributed by atoms with E-state index in [1.165, 1.54) is 10.4 Å². The Balaban J connectivity index is 0.00000196. The molecule has 0 saturated heterocycles. The molecule has 0 spiro atoms. The van der Waals surface area contributed by atoms with Crippen LogP contribution in [0.2, 0.25) is 0 Å². The molecule has 0 unspecified atom stereocenters. The van der Waals surface area contributed by atoms with E-state index in [2.05, 4.69) is 39.5 Å². The maximum Gasteiger partial charge on any atom is 0.226 e. The van der Waals surface area contributed by atoms with Crippen molar-refractivity contribution in [1.82, 2.24) is 9.88 Å². The molecule has 3 N–H and O–H groups in total. The van der Waals surface area contributed by atoms with Crippen molar-refractivity contribution < 1.29 is 4.79 Å². The van der Waals surface area contributed by atoms with Crippen molar-refractivity contribution in [2.24, 2.45) is 5.73 Å². The highest BCUT2D eigenvalue weighted by atomic mass is 35.5. The van der Waals surface area contributed by atoms with Crippen LogP contribution in [0.4, 0.5) is 5.13 Å². The molecule has 28 heavy (non-hydrogen) atoms. The van der Waals surface area contributed by atoms with E-state index in [1.807, 2.05) is 6.07 Å². The summed E-state index contributed by atoms with van der Waals surface area (Å²) >= 11 is 1.62. The molecule has 1 aliphatic heterocycles. The lowest BCUT2D eigenvalue weighted by Gasteiger charge is -2.25. The molecule has 2 aromatic rings. The molecule has 1 aromatic carbocycles. The number of rotatable bonds is 9. The second kappa shape index (κ2) is 13.1. The van der Waals surface area contributed by atoms with Gasteiger partial charge in [-0.1, -0.05) is 43.2 Å². The van der Waals surface area contributed by atoms with Crippen LogP contribution < -0.4 is 11.1 Å². The first-order chi connectivity index (χ1) is 12.7. The highest BCUT2D eigenvalue weighted by Crippen LogP contribution is 2.29. The van der Waals surface area contributed by atoms with E-state index in [1.54, 1.807) is 11.3 Å². The smallest absolute Gasteiger partial charge is 0.226 e. The van der Waals surface area contributed by atoms with Crippen LogP contribution in [-0.2, 0) is 24.3 Å². The normalized spacial score (nSPS) is 13.2. The first-order valence-electron chi connectivity index (χ1n) is 9.49. The summed E-state index contributed by atoms with van der Waals surface area (Å²) in [5, 5.41) is 3.73. The van der Waals surface area contributed by atoms with E-state index in [4.69, 9.17) is 5.73 Å². The number of fused-ring (bicyclic) bond motifs is 1. The standard InChI is InChI=1S/C20H28N4OS.2ClH/c21-12-7-2-1-6-10-19(25)23-20-22-17-11-13-24(15-18(17)26-20)14-16-8-4-3-5-9-16;;/h3-5,8-9H,1-2,6-7,10-15,21H2,(H,22,23,25);2*1H. The zero-order valence-corrected chi connectivity index (χ0v) is 18.5. The van der Waals surface area contributed by atoms with Crippen LogP contribution in [0.25, 0.3) is 0 Å². The number of hydrogen-bond acceptors (Lipinski definition) is 5. The van der Waals surface area contributed by atoms with Gasteiger partial charge in [0.2, 0.25) is 5.91 Å². The van der Waals surface area contributed by atoms with Crippen molar-refractivity contribution in [2.45, 2.75) is 51.6 Å². The molecule has 8 heteroatoms. The van der Waals surface area contributed by atoms with E-state index >= 15 is 0 Å². The number of carbonyl (C=O) groups excluding carboxylic acids is 1. The van der Waals surface area contributed by atoms with Gasteiger partial charge in [0.15, 0.2) is 5.13 Å². The zero-order chi connectivity index (χ0) is 18.2. The summed E-state index contributed by atoms with van der Waals surface area (Å²) < 4.78 is 0. The predicted molar refractivity (Wildman–Crippen MR) is 122 cm³/mol. The maximum absolute atomic E-state index is 12.1. The first-order valence-corrected chi connectivity index (χ1v) is 10.3. The van der Waals surface area contributed by atoms with Crippen molar-refractivity contribution in [1.29, 1.82) is 0 Å². The summed E-state index contributed by atoms with van der Waals surface area (Å²) in [6.07, 6.45) is 5.64. The Morgan fingerprint density at radius 3 is 2.64 bits per heavy atom. The predicted octanol–water partition coefficient (Wildman–Crippen LogP) is 4.39. The number of nitrogens with two attached hydrogens (primary N) is 1. The number of nitrogens with one attached hydrogen (secondary N) is 1. The van der Waals surface area contributed by atoms with E-state index in [0.717, 1.165) is 69.1 Å². The van der Waals surface area contributed by atoms with Crippen LogP contribution in [0.1, 0.15) is 48.2 Å². The summed E-state index contributed by atoms with van der Waals surface area (Å²) in [5.74, 6) is 0.0741. The molecular formula is C20H30Cl2N4OS. The minimum Gasteiger partial charge on any atom is -0.330 e. The van der Waals surface area contributed by atoms with Crippen molar-refractivity contribution in [3.8, 4) is 0 Å². The van der Waals surface area contributed by atoms with Gasteiger partial charge >= 0.3 is 0 Å². The second-order valence-electron chi connectivity index (χ2n) is 6.84. The summed E-state index contributed by atoms with van der Waals surface area (Å²) in [4.78, 5) is 20.4. The molecule has 3 rings (SSSR count). The maximum atomic E-state index is 12.1. The van der Waals surface area contributed by atoms with Crippen molar-refractivity contribution in [2.75, 3.05) is 18.4 Å². The second-order valence-corrected chi connectivity index (χ2v) is 7.92.